The second-order valence-electron chi connectivity index (χ2n) is 4.49. The summed E-state index contributed by atoms with van der Waals surface area (Å²) < 4.78 is 0. The quantitative estimate of drug-likeness (QED) is 0.612. The number of carboxylic acid groups (broad SMARTS) is 2. The Bertz CT molecular complexity index is 332. The number of carboxylic acids is 2. The Morgan fingerprint density at radius 1 is 1.21 bits per heavy atom. The van der Waals surface area contributed by atoms with Gasteiger partial charge in [-0.15, -0.1) is 0 Å². The zero-order chi connectivity index (χ0) is 15.0. The minimum absolute atomic E-state index is 0.299. The molecule has 2 atom stereocenters. The number of carbonyl (C=O) groups excluding carboxylic acids is 1. The molecule has 0 aromatic heterocycles. The number of hydrogen-bond donors (Lipinski definition) is 3. The molecular formula is C12H22N2O5. The average Bonchev–Trinajstić information content (AvgIpc) is 2.33. The summed E-state index contributed by atoms with van der Waals surface area (Å²) in [7, 11) is 0. The Morgan fingerprint density at radius 3 is 2.16 bits per heavy atom. The number of amides is 2. The van der Waals surface area contributed by atoms with E-state index in [1.54, 1.807) is 6.92 Å². The zero-order valence-corrected chi connectivity index (χ0v) is 11.5. The molecule has 0 aliphatic heterocycles. The molecule has 1 unspecified atom stereocenters. The Kier molecular flexibility index (Phi) is 7.55. The van der Waals surface area contributed by atoms with E-state index in [0.717, 1.165) is 6.42 Å². The fourth-order valence-corrected chi connectivity index (χ4v) is 1.48. The van der Waals surface area contributed by atoms with Crippen molar-refractivity contribution in [1.82, 2.24) is 10.2 Å². The largest absolute Gasteiger partial charge is 0.481 e. The molecule has 0 saturated carbocycles. The molecule has 7 nitrogen and oxygen atoms in total. The summed E-state index contributed by atoms with van der Waals surface area (Å²) >= 11 is 0. The van der Waals surface area contributed by atoms with E-state index in [1.165, 1.54) is 4.90 Å². The summed E-state index contributed by atoms with van der Waals surface area (Å²) in [6, 6.07) is -1.95. The summed E-state index contributed by atoms with van der Waals surface area (Å²) in [5.74, 6) is -2.32. The van der Waals surface area contributed by atoms with Crippen molar-refractivity contribution in [1.29, 1.82) is 0 Å². The van der Waals surface area contributed by atoms with Crippen molar-refractivity contribution in [2.24, 2.45) is 5.92 Å². The lowest BCUT2D eigenvalue weighted by atomic mass is 10.1. The lowest BCUT2D eigenvalue weighted by molar-refractivity contribution is -0.145. The van der Waals surface area contributed by atoms with Crippen molar-refractivity contribution in [3.8, 4) is 0 Å². The minimum Gasteiger partial charge on any atom is -0.481 e. The molecule has 3 N–H and O–H groups in total. The van der Waals surface area contributed by atoms with Gasteiger partial charge in [0.2, 0.25) is 0 Å². The van der Waals surface area contributed by atoms with E-state index in [0.29, 0.717) is 19.0 Å². The van der Waals surface area contributed by atoms with Gasteiger partial charge in [-0.2, -0.15) is 0 Å². The van der Waals surface area contributed by atoms with Gasteiger partial charge in [0.15, 0.2) is 0 Å². The number of nitrogens with one attached hydrogen (secondary N) is 1. The van der Waals surface area contributed by atoms with Crippen molar-refractivity contribution in [2.45, 2.75) is 39.7 Å². The van der Waals surface area contributed by atoms with Crippen LogP contribution in [-0.2, 0) is 9.59 Å². The predicted molar refractivity (Wildman–Crippen MR) is 68.9 cm³/mol. The first kappa shape index (κ1) is 17.2. The van der Waals surface area contributed by atoms with Crippen LogP contribution in [0.4, 0.5) is 4.79 Å². The van der Waals surface area contributed by atoms with Crippen LogP contribution in [-0.4, -0.2) is 52.2 Å². The van der Waals surface area contributed by atoms with Crippen molar-refractivity contribution in [2.75, 3.05) is 13.1 Å². The monoisotopic (exact) mass is 274 g/mol. The molecule has 0 aliphatic rings. The highest BCUT2D eigenvalue weighted by atomic mass is 16.4. The SMILES string of the molecule is CCC(C)CN(CC)C(=O)N[C@H](CC(=O)O)C(=O)O. The van der Waals surface area contributed by atoms with Crippen LogP contribution in [0.2, 0.25) is 0 Å². The van der Waals surface area contributed by atoms with E-state index >= 15 is 0 Å². The third-order valence-corrected chi connectivity index (χ3v) is 2.87. The van der Waals surface area contributed by atoms with Crippen LogP contribution in [0.3, 0.4) is 0 Å². The van der Waals surface area contributed by atoms with Crippen molar-refractivity contribution in [3.63, 3.8) is 0 Å². The standard InChI is InChI=1S/C12H22N2O5/c1-4-8(3)7-14(5-2)12(19)13-9(11(17)18)6-10(15)16/h8-9H,4-7H2,1-3H3,(H,13,19)(H,15,16)(H,17,18)/t8?,9-/m1/s1. The molecule has 0 saturated heterocycles. The number of aliphatic carboxylic acids is 2. The van der Waals surface area contributed by atoms with E-state index in [9.17, 15) is 14.4 Å². The van der Waals surface area contributed by atoms with E-state index in [1.807, 2.05) is 13.8 Å². The summed E-state index contributed by atoms with van der Waals surface area (Å²) in [6.45, 7) is 6.73. The molecular weight excluding hydrogens is 252 g/mol. The van der Waals surface area contributed by atoms with Crippen LogP contribution in [0.5, 0.6) is 0 Å². The van der Waals surface area contributed by atoms with Crippen LogP contribution in [0.25, 0.3) is 0 Å². The van der Waals surface area contributed by atoms with Gasteiger partial charge >= 0.3 is 18.0 Å². The van der Waals surface area contributed by atoms with Gasteiger partial charge < -0.3 is 20.4 Å². The Morgan fingerprint density at radius 2 is 1.79 bits per heavy atom. The molecule has 0 fully saturated rings. The van der Waals surface area contributed by atoms with Gasteiger partial charge in [-0.25, -0.2) is 9.59 Å². The summed E-state index contributed by atoms with van der Waals surface area (Å²) in [6.07, 6.45) is 0.267. The maximum Gasteiger partial charge on any atom is 0.326 e. The first-order chi connectivity index (χ1) is 8.81. The number of hydrogen-bond acceptors (Lipinski definition) is 3. The highest BCUT2D eigenvalue weighted by Gasteiger charge is 2.25. The van der Waals surface area contributed by atoms with Gasteiger partial charge in [-0.05, 0) is 12.8 Å². The van der Waals surface area contributed by atoms with Crippen LogP contribution in [0.1, 0.15) is 33.6 Å². The molecule has 0 aliphatic carbocycles. The molecule has 0 heterocycles. The average molecular weight is 274 g/mol. The van der Waals surface area contributed by atoms with Gasteiger partial charge in [0.05, 0.1) is 6.42 Å². The fraction of sp³-hybridized carbons (Fsp3) is 0.750. The Hall–Kier alpha value is -1.79. The topological polar surface area (TPSA) is 107 Å². The Balaban J connectivity index is 4.59. The normalized spacial score (nSPS) is 13.4. The first-order valence-electron chi connectivity index (χ1n) is 6.31. The van der Waals surface area contributed by atoms with E-state index in [2.05, 4.69) is 5.32 Å². The third-order valence-electron chi connectivity index (χ3n) is 2.87. The van der Waals surface area contributed by atoms with Crippen LogP contribution in [0.15, 0.2) is 0 Å². The summed E-state index contributed by atoms with van der Waals surface area (Å²) in [5.41, 5.74) is 0. The molecule has 0 bridgehead atoms. The summed E-state index contributed by atoms with van der Waals surface area (Å²) in [5, 5.41) is 19.7. The van der Waals surface area contributed by atoms with E-state index in [-0.39, 0.29) is 0 Å². The highest BCUT2D eigenvalue weighted by Crippen LogP contribution is 2.05. The molecule has 0 aromatic carbocycles. The van der Waals surface area contributed by atoms with Crippen molar-refractivity contribution >= 4 is 18.0 Å². The molecule has 110 valence electrons. The lowest BCUT2D eigenvalue weighted by Gasteiger charge is -2.25. The van der Waals surface area contributed by atoms with Gasteiger partial charge in [-0.1, -0.05) is 20.3 Å². The van der Waals surface area contributed by atoms with Crippen LogP contribution >= 0.6 is 0 Å². The maximum atomic E-state index is 11.9. The zero-order valence-electron chi connectivity index (χ0n) is 11.5. The lowest BCUT2D eigenvalue weighted by Crippen LogP contribution is -2.49. The first-order valence-corrected chi connectivity index (χ1v) is 6.31. The molecule has 7 heteroatoms. The van der Waals surface area contributed by atoms with Gasteiger partial charge in [-0.3, -0.25) is 4.79 Å². The highest BCUT2D eigenvalue weighted by molar-refractivity contribution is 5.86. The number of carbonyl (C=O) groups is 3. The number of nitrogens with zero attached hydrogens (tertiary/aromatic N) is 1. The number of rotatable bonds is 8. The van der Waals surface area contributed by atoms with E-state index in [4.69, 9.17) is 10.2 Å². The smallest absolute Gasteiger partial charge is 0.326 e. The van der Waals surface area contributed by atoms with Crippen molar-refractivity contribution < 1.29 is 24.6 Å². The third kappa shape index (κ3) is 6.64. The molecule has 19 heavy (non-hydrogen) atoms. The van der Waals surface area contributed by atoms with Crippen molar-refractivity contribution in [3.05, 3.63) is 0 Å². The molecule has 0 aromatic rings. The van der Waals surface area contributed by atoms with Gasteiger partial charge in [0, 0.05) is 13.1 Å². The Labute approximate surface area is 112 Å². The maximum absolute atomic E-state index is 11.9. The number of urea groups is 1. The predicted octanol–water partition coefficient (Wildman–Crippen LogP) is 0.992. The minimum atomic E-state index is -1.41. The molecule has 0 radical (unpaired) electrons. The van der Waals surface area contributed by atoms with E-state index < -0.39 is 30.4 Å². The fourth-order valence-electron chi connectivity index (χ4n) is 1.48. The molecule has 0 rings (SSSR count). The van der Waals surface area contributed by atoms with Crippen LogP contribution < -0.4 is 5.32 Å². The van der Waals surface area contributed by atoms with Gasteiger partial charge in [0.25, 0.3) is 0 Å². The molecule has 2 amide bonds. The summed E-state index contributed by atoms with van der Waals surface area (Å²) in [4.78, 5) is 34.8. The second-order valence-corrected chi connectivity index (χ2v) is 4.49. The van der Waals surface area contributed by atoms with Gasteiger partial charge in [0.1, 0.15) is 6.04 Å². The molecule has 0 spiro atoms. The van der Waals surface area contributed by atoms with Crippen LogP contribution in [0, 0.1) is 5.92 Å². The second kappa shape index (κ2) is 8.34.